The summed E-state index contributed by atoms with van der Waals surface area (Å²) in [6.07, 6.45) is -0.147. The Hall–Kier alpha value is -2.25. The van der Waals surface area contributed by atoms with E-state index in [2.05, 4.69) is 15.3 Å². The summed E-state index contributed by atoms with van der Waals surface area (Å²) in [6, 6.07) is 6.11. The fourth-order valence-corrected chi connectivity index (χ4v) is 2.05. The van der Waals surface area contributed by atoms with E-state index in [0.29, 0.717) is 29.6 Å². The molecule has 2 aromatic heterocycles. The van der Waals surface area contributed by atoms with E-state index in [0.717, 1.165) is 6.20 Å². The molecule has 1 unspecified atom stereocenters. The maximum absolute atomic E-state index is 12.8. The molecule has 7 heteroatoms. The van der Waals surface area contributed by atoms with E-state index in [1.54, 1.807) is 26.2 Å². The van der Waals surface area contributed by atoms with Crippen LogP contribution in [0.15, 0.2) is 30.5 Å². The van der Waals surface area contributed by atoms with E-state index in [1.807, 2.05) is 6.92 Å². The number of pyridine rings is 2. The van der Waals surface area contributed by atoms with E-state index in [-0.39, 0.29) is 6.10 Å². The number of nitrogens with one attached hydrogen (secondary N) is 1. The van der Waals surface area contributed by atoms with Crippen molar-refractivity contribution in [1.29, 1.82) is 0 Å². The molecule has 0 amide bonds. The smallest absolute Gasteiger partial charge is 0.169 e. The highest BCUT2D eigenvalue weighted by Crippen LogP contribution is 2.21. The van der Waals surface area contributed by atoms with Crippen LogP contribution in [0.25, 0.3) is 0 Å². The molecular weight excluding hydrogens is 301 g/mol. The predicted molar refractivity (Wildman–Crippen MR) is 83.7 cm³/mol. The molecule has 0 aliphatic carbocycles. The summed E-state index contributed by atoms with van der Waals surface area (Å²) in [5.41, 5.74) is 1.09. The Morgan fingerprint density at radius 1 is 1.35 bits per heavy atom. The molecule has 0 aromatic carbocycles. The Kier molecular flexibility index (Phi) is 5.84. The number of halogens is 1. The average molecular weight is 321 g/mol. The first-order valence-electron chi connectivity index (χ1n) is 7.18. The molecule has 0 spiro atoms. The maximum atomic E-state index is 12.8. The Morgan fingerprint density at radius 2 is 2.13 bits per heavy atom. The van der Waals surface area contributed by atoms with Gasteiger partial charge in [-0.2, -0.15) is 0 Å². The number of aryl methyl sites for hydroxylation is 1. The number of ether oxygens (including phenoxy) is 2. The number of hydrogen-bond donors (Lipinski definition) is 2. The predicted octanol–water partition coefficient (Wildman–Crippen LogP) is 2.44. The minimum Gasteiger partial charge on any atom is -0.488 e. The number of hydrogen-bond acceptors (Lipinski definition) is 6. The van der Waals surface area contributed by atoms with Crippen LogP contribution in [0.3, 0.4) is 0 Å². The number of aliphatic hydroxyl groups is 1. The number of rotatable bonds is 7. The first kappa shape index (κ1) is 17.1. The summed E-state index contributed by atoms with van der Waals surface area (Å²) in [6.45, 7) is 4.15. The second-order valence-corrected chi connectivity index (χ2v) is 5.16. The fraction of sp³-hybridized carbons (Fsp3) is 0.375. The minimum absolute atomic E-state index is 0.126. The average Bonchev–Trinajstić information content (AvgIpc) is 2.49. The van der Waals surface area contributed by atoms with E-state index in [9.17, 15) is 9.50 Å². The van der Waals surface area contributed by atoms with E-state index in [4.69, 9.17) is 9.47 Å². The van der Waals surface area contributed by atoms with E-state index in [1.165, 1.54) is 12.1 Å². The molecule has 0 radical (unpaired) electrons. The summed E-state index contributed by atoms with van der Waals surface area (Å²) in [5, 5.41) is 13.0. The molecule has 0 aliphatic heterocycles. The van der Waals surface area contributed by atoms with Gasteiger partial charge >= 0.3 is 0 Å². The SMILES string of the molecule is COC[C@H](C)Oc1cc(C)nc(C(O)Nc2ccc(F)cn2)c1. The van der Waals surface area contributed by atoms with Gasteiger partial charge < -0.3 is 19.9 Å². The number of aliphatic hydroxyl groups excluding tert-OH is 1. The molecule has 0 aliphatic rings. The van der Waals surface area contributed by atoms with Crippen LogP contribution in [-0.4, -0.2) is 34.9 Å². The third-order valence-corrected chi connectivity index (χ3v) is 2.98. The van der Waals surface area contributed by atoms with Gasteiger partial charge in [0, 0.05) is 24.9 Å². The zero-order valence-electron chi connectivity index (χ0n) is 13.3. The van der Waals surface area contributed by atoms with Crippen molar-refractivity contribution in [3.63, 3.8) is 0 Å². The molecule has 2 N–H and O–H groups in total. The summed E-state index contributed by atoms with van der Waals surface area (Å²) in [7, 11) is 1.60. The van der Waals surface area contributed by atoms with Crippen LogP contribution < -0.4 is 10.1 Å². The molecule has 2 heterocycles. The quantitative estimate of drug-likeness (QED) is 0.763. The van der Waals surface area contributed by atoms with Crippen LogP contribution in [0.5, 0.6) is 5.75 Å². The summed E-state index contributed by atoms with van der Waals surface area (Å²) < 4.78 is 23.6. The Morgan fingerprint density at radius 3 is 2.78 bits per heavy atom. The van der Waals surface area contributed by atoms with Gasteiger partial charge in [-0.15, -0.1) is 0 Å². The van der Waals surface area contributed by atoms with Crippen molar-refractivity contribution >= 4 is 5.82 Å². The first-order valence-corrected chi connectivity index (χ1v) is 7.18. The lowest BCUT2D eigenvalue weighted by molar-refractivity contribution is 0.0916. The third kappa shape index (κ3) is 5.15. The molecule has 2 rings (SSSR count). The van der Waals surface area contributed by atoms with Gasteiger partial charge in [-0.1, -0.05) is 0 Å². The van der Waals surface area contributed by atoms with Crippen molar-refractivity contribution in [2.45, 2.75) is 26.2 Å². The van der Waals surface area contributed by atoms with Gasteiger partial charge in [0.1, 0.15) is 23.5 Å². The van der Waals surface area contributed by atoms with E-state index >= 15 is 0 Å². The largest absolute Gasteiger partial charge is 0.488 e. The minimum atomic E-state index is -1.09. The van der Waals surface area contributed by atoms with Crippen molar-refractivity contribution in [1.82, 2.24) is 9.97 Å². The third-order valence-electron chi connectivity index (χ3n) is 2.98. The van der Waals surface area contributed by atoms with Gasteiger partial charge in [0.15, 0.2) is 6.23 Å². The standard InChI is InChI=1S/C16H20FN3O3/c1-10-6-13(23-11(2)9-22-3)7-14(19-10)16(21)20-15-5-4-12(17)8-18-15/h4-8,11,16,21H,9H2,1-3H3,(H,18,20)/t11-,16?/m0/s1. The van der Waals surface area contributed by atoms with Crippen molar-refractivity contribution in [3.05, 3.63) is 47.7 Å². The van der Waals surface area contributed by atoms with Crippen molar-refractivity contribution in [2.24, 2.45) is 0 Å². The van der Waals surface area contributed by atoms with Crippen LogP contribution in [0.2, 0.25) is 0 Å². The Balaban J connectivity index is 2.11. The van der Waals surface area contributed by atoms with Gasteiger partial charge in [0.05, 0.1) is 18.5 Å². The molecule has 0 saturated carbocycles. The molecule has 124 valence electrons. The number of anilines is 1. The van der Waals surface area contributed by atoms with Crippen molar-refractivity contribution in [3.8, 4) is 5.75 Å². The fourth-order valence-electron chi connectivity index (χ4n) is 2.05. The topological polar surface area (TPSA) is 76.5 Å². The summed E-state index contributed by atoms with van der Waals surface area (Å²) >= 11 is 0. The number of aromatic nitrogens is 2. The van der Waals surface area contributed by atoms with Crippen LogP contribution in [0.4, 0.5) is 10.2 Å². The molecule has 6 nitrogen and oxygen atoms in total. The van der Waals surface area contributed by atoms with Gasteiger partial charge in [0.2, 0.25) is 0 Å². The van der Waals surface area contributed by atoms with Crippen LogP contribution in [0, 0.1) is 12.7 Å². The number of nitrogens with zero attached hydrogens (tertiary/aromatic N) is 2. The second kappa shape index (κ2) is 7.85. The highest BCUT2D eigenvalue weighted by molar-refractivity contribution is 5.37. The normalized spacial score (nSPS) is 13.4. The summed E-state index contributed by atoms with van der Waals surface area (Å²) in [4.78, 5) is 8.11. The van der Waals surface area contributed by atoms with E-state index < -0.39 is 12.0 Å². The highest BCUT2D eigenvalue weighted by atomic mass is 19.1. The second-order valence-electron chi connectivity index (χ2n) is 5.16. The monoisotopic (exact) mass is 321 g/mol. The van der Waals surface area contributed by atoms with Crippen LogP contribution in [-0.2, 0) is 4.74 Å². The lowest BCUT2D eigenvalue weighted by Crippen LogP contribution is -2.19. The zero-order valence-corrected chi connectivity index (χ0v) is 13.3. The van der Waals surface area contributed by atoms with Gasteiger partial charge in [-0.05, 0) is 26.0 Å². The molecule has 0 saturated heterocycles. The number of methoxy groups -OCH3 is 1. The lowest BCUT2D eigenvalue weighted by atomic mass is 10.2. The first-order chi connectivity index (χ1) is 11.0. The Labute approximate surface area is 134 Å². The molecular formula is C16H20FN3O3. The van der Waals surface area contributed by atoms with Crippen molar-refractivity contribution < 1.29 is 19.0 Å². The zero-order chi connectivity index (χ0) is 16.8. The van der Waals surface area contributed by atoms with Gasteiger partial charge in [0.25, 0.3) is 0 Å². The molecule has 2 atom stereocenters. The van der Waals surface area contributed by atoms with Gasteiger partial charge in [-0.3, -0.25) is 4.98 Å². The van der Waals surface area contributed by atoms with Crippen LogP contribution >= 0.6 is 0 Å². The molecule has 0 bridgehead atoms. The molecule has 0 fully saturated rings. The molecule has 23 heavy (non-hydrogen) atoms. The van der Waals surface area contributed by atoms with Crippen LogP contribution in [0.1, 0.15) is 24.5 Å². The van der Waals surface area contributed by atoms with Crippen molar-refractivity contribution in [2.75, 3.05) is 19.0 Å². The van der Waals surface area contributed by atoms with Gasteiger partial charge in [-0.25, -0.2) is 9.37 Å². The Bertz CT molecular complexity index is 637. The maximum Gasteiger partial charge on any atom is 0.169 e. The highest BCUT2D eigenvalue weighted by Gasteiger charge is 2.13. The lowest BCUT2D eigenvalue weighted by Gasteiger charge is -2.17. The molecule has 2 aromatic rings. The summed E-state index contributed by atoms with van der Waals surface area (Å²) in [5.74, 6) is 0.490.